The van der Waals surface area contributed by atoms with Gasteiger partial charge in [0, 0.05) is 18.9 Å². The van der Waals surface area contributed by atoms with E-state index in [1.165, 1.54) is 6.92 Å². The van der Waals surface area contributed by atoms with Gasteiger partial charge >= 0.3 is 6.09 Å². The largest absolute Gasteiger partial charge is 0.505 e. The van der Waals surface area contributed by atoms with Crippen molar-refractivity contribution in [2.75, 3.05) is 25.1 Å². The van der Waals surface area contributed by atoms with Crippen LogP contribution in [-0.4, -0.2) is 58.6 Å². The van der Waals surface area contributed by atoms with Crippen LogP contribution in [0.2, 0.25) is 0 Å². The van der Waals surface area contributed by atoms with E-state index in [1.807, 2.05) is 20.8 Å². The lowest BCUT2D eigenvalue weighted by molar-refractivity contribution is -0.131. The predicted octanol–water partition coefficient (Wildman–Crippen LogP) is 4.15. The summed E-state index contributed by atoms with van der Waals surface area (Å²) in [5.41, 5.74) is 1.84. The standard InChI is InChI=1S/C28H41NO8/c1-5-6-9-37-28(36)29-23-14-20(16(2)3)21-12-18(13-25(34)26(21)27(23)35)11-19(7-8-30)22(15-31)24(33)10-17(4)32/h14,16,18-19,22,30-31,35H,5-13,15H2,1-4H3,(H,29,36). The molecule has 0 radical (unpaired) electrons. The molecule has 0 fully saturated rings. The molecule has 2 rings (SSSR count). The smallest absolute Gasteiger partial charge is 0.411 e. The molecular weight excluding hydrogens is 478 g/mol. The Kier molecular flexibility index (Phi) is 11.7. The number of phenols is 1. The molecule has 3 unspecified atom stereocenters. The third-order valence-corrected chi connectivity index (χ3v) is 7.02. The number of hydrogen-bond donors (Lipinski definition) is 4. The maximum atomic E-state index is 13.3. The number of phenolic OH excluding ortho intramolecular Hbond substituents is 1. The number of carbonyl (C=O) groups excluding carboxylic acids is 4. The van der Waals surface area contributed by atoms with Crippen molar-refractivity contribution >= 4 is 29.1 Å². The summed E-state index contributed by atoms with van der Waals surface area (Å²) >= 11 is 0. The lowest BCUT2D eigenvalue weighted by atomic mass is 9.72. The average molecular weight is 520 g/mol. The first-order chi connectivity index (χ1) is 17.5. The van der Waals surface area contributed by atoms with Crippen LogP contribution in [0.3, 0.4) is 0 Å². The number of amides is 1. The number of ketones is 3. The van der Waals surface area contributed by atoms with Gasteiger partial charge in [-0.2, -0.15) is 0 Å². The summed E-state index contributed by atoms with van der Waals surface area (Å²) < 4.78 is 5.14. The molecule has 9 heteroatoms. The van der Waals surface area contributed by atoms with Crippen LogP contribution >= 0.6 is 0 Å². The highest BCUT2D eigenvalue weighted by Gasteiger charge is 2.36. The number of aliphatic hydroxyl groups excluding tert-OH is 2. The molecule has 1 aliphatic carbocycles. The highest BCUT2D eigenvalue weighted by Crippen LogP contribution is 2.43. The third kappa shape index (κ3) is 8.10. The molecule has 1 aromatic carbocycles. The number of aromatic hydroxyl groups is 1. The minimum absolute atomic E-state index is 0.00636. The molecule has 0 saturated heterocycles. The van der Waals surface area contributed by atoms with Gasteiger partial charge < -0.3 is 20.1 Å². The first-order valence-corrected chi connectivity index (χ1v) is 13.1. The Labute approximate surface area is 218 Å². The molecule has 3 atom stereocenters. The zero-order valence-corrected chi connectivity index (χ0v) is 22.3. The molecule has 0 aliphatic heterocycles. The van der Waals surface area contributed by atoms with Gasteiger partial charge in [0.25, 0.3) is 0 Å². The van der Waals surface area contributed by atoms with Gasteiger partial charge in [0.15, 0.2) is 5.78 Å². The Balaban J connectivity index is 2.34. The Morgan fingerprint density at radius 2 is 1.89 bits per heavy atom. The highest BCUT2D eigenvalue weighted by molar-refractivity contribution is 6.04. The number of benzene rings is 1. The first-order valence-electron chi connectivity index (χ1n) is 13.1. The monoisotopic (exact) mass is 519 g/mol. The maximum Gasteiger partial charge on any atom is 0.411 e. The van der Waals surface area contributed by atoms with Crippen molar-refractivity contribution in [3.05, 3.63) is 22.8 Å². The normalized spacial score (nSPS) is 16.7. The van der Waals surface area contributed by atoms with Gasteiger partial charge in [0.05, 0.1) is 30.9 Å². The van der Waals surface area contributed by atoms with Crippen LogP contribution in [-0.2, 0) is 20.7 Å². The van der Waals surface area contributed by atoms with Gasteiger partial charge in [-0.15, -0.1) is 0 Å². The Morgan fingerprint density at radius 3 is 2.46 bits per heavy atom. The Morgan fingerprint density at radius 1 is 1.19 bits per heavy atom. The second-order valence-corrected chi connectivity index (χ2v) is 10.3. The number of nitrogens with one attached hydrogen (secondary N) is 1. The van der Waals surface area contributed by atoms with Crippen molar-refractivity contribution in [3.63, 3.8) is 0 Å². The molecular formula is C28H41NO8. The van der Waals surface area contributed by atoms with Crippen LogP contribution in [0, 0.1) is 17.8 Å². The summed E-state index contributed by atoms with van der Waals surface area (Å²) in [7, 11) is 0. The fourth-order valence-electron chi connectivity index (χ4n) is 5.18. The second-order valence-electron chi connectivity index (χ2n) is 10.3. The van der Waals surface area contributed by atoms with Crippen LogP contribution in [0.4, 0.5) is 10.5 Å². The lowest BCUT2D eigenvalue weighted by Crippen LogP contribution is -2.33. The van der Waals surface area contributed by atoms with Gasteiger partial charge in [0.2, 0.25) is 0 Å². The van der Waals surface area contributed by atoms with Crippen LogP contribution in [0.5, 0.6) is 5.75 Å². The lowest BCUT2D eigenvalue weighted by Gasteiger charge is -2.32. The molecule has 1 amide bonds. The van der Waals surface area contributed by atoms with E-state index in [9.17, 15) is 34.5 Å². The first kappa shape index (κ1) is 30.4. The minimum atomic E-state index is -0.796. The van der Waals surface area contributed by atoms with Crippen molar-refractivity contribution < 1.29 is 39.2 Å². The zero-order chi connectivity index (χ0) is 27.7. The Bertz CT molecular complexity index is 987. The van der Waals surface area contributed by atoms with E-state index in [4.69, 9.17) is 4.74 Å². The van der Waals surface area contributed by atoms with Crippen molar-refractivity contribution in [2.45, 2.75) is 78.6 Å². The number of anilines is 1. The van der Waals surface area contributed by atoms with Crippen molar-refractivity contribution in [1.82, 2.24) is 0 Å². The van der Waals surface area contributed by atoms with Crippen LogP contribution < -0.4 is 5.32 Å². The molecule has 9 nitrogen and oxygen atoms in total. The van der Waals surface area contributed by atoms with Crippen LogP contribution in [0.25, 0.3) is 0 Å². The SMILES string of the molecule is CCCCOC(=O)Nc1cc(C(C)C)c2c(c1O)C(=O)CC(CC(CCO)C(CO)C(=O)CC(C)=O)C2. The van der Waals surface area contributed by atoms with Gasteiger partial charge in [-0.05, 0) is 67.6 Å². The molecule has 0 bridgehead atoms. The molecule has 206 valence electrons. The van der Waals surface area contributed by atoms with E-state index in [2.05, 4.69) is 5.32 Å². The summed E-state index contributed by atoms with van der Waals surface area (Å²) in [6, 6.07) is 1.67. The summed E-state index contributed by atoms with van der Waals surface area (Å²) in [4.78, 5) is 49.5. The van der Waals surface area contributed by atoms with Gasteiger partial charge in [0.1, 0.15) is 17.3 Å². The number of Topliss-reactive ketones (excluding diaryl/α,β-unsaturated/α-hetero) is 3. The van der Waals surface area contributed by atoms with E-state index < -0.39 is 24.5 Å². The van der Waals surface area contributed by atoms with Crippen LogP contribution in [0.1, 0.15) is 93.6 Å². The van der Waals surface area contributed by atoms with E-state index in [0.29, 0.717) is 18.4 Å². The highest BCUT2D eigenvalue weighted by atomic mass is 16.5. The quantitative estimate of drug-likeness (QED) is 0.163. The number of unbranched alkanes of at least 4 members (excludes halogenated alkanes) is 1. The van der Waals surface area contributed by atoms with Gasteiger partial charge in [-0.3, -0.25) is 19.7 Å². The van der Waals surface area contributed by atoms with E-state index in [1.54, 1.807) is 6.07 Å². The second kappa shape index (κ2) is 14.2. The summed E-state index contributed by atoms with van der Waals surface area (Å²) in [5, 5.41) is 33.0. The van der Waals surface area contributed by atoms with E-state index in [0.717, 1.165) is 18.4 Å². The maximum absolute atomic E-state index is 13.3. The topological polar surface area (TPSA) is 150 Å². The Hall–Kier alpha value is -2.78. The average Bonchev–Trinajstić information content (AvgIpc) is 2.80. The molecule has 1 aromatic rings. The number of hydrogen-bond acceptors (Lipinski definition) is 8. The fourth-order valence-corrected chi connectivity index (χ4v) is 5.18. The molecule has 37 heavy (non-hydrogen) atoms. The molecule has 0 heterocycles. The van der Waals surface area contributed by atoms with Gasteiger partial charge in [-0.1, -0.05) is 27.2 Å². The summed E-state index contributed by atoms with van der Waals surface area (Å²) in [6.45, 7) is 6.84. The van der Waals surface area contributed by atoms with E-state index in [-0.39, 0.29) is 78.7 Å². The number of rotatable bonds is 14. The molecule has 0 spiro atoms. The van der Waals surface area contributed by atoms with Crippen molar-refractivity contribution in [2.24, 2.45) is 17.8 Å². The summed E-state index contributed by atoms with van der Waals surface area (Å²) in [5.74, 6) is -2.58. The third-order valence-electron chi connectivity index (χ3n) is 7.02. The zero-order valence-electron chi connectivity index (χ0n) is 22.3. The molecule has 1 aliphatic rings. The van der Waals surface area contributed by atoms with Gasteiger partial charge in [-0.25, -0.2) is 4.79 Å². The minimum Gasteiger partial charge on any atom is -0.505 e. The molecule has 0 saturated carbocycles. The number of ether oxygens (including phenoxy) is 1. The van der Waals surface area contributed by atoms with Crippen molar-refractivity contribution in [3.8, 4) is 5.75 Å². The fraction of sp³-hybridized carbons (Fsp3) is 0.643. The van der Waals surface area contributed by atoms with Crippen LogP contribution in [0.15, 0.2) is 6.07 Å². The van der Waals surface area contributed by atoms with E-state index >= 15 is 0 Å². The number of fused-ring (bicyclic) bond motifs is 1. The predicted molar refractivity (Wildman–Crippen MR) is 139 cm³/mol. The molecule has 4 N–H and O–H groups in total. The molecule has 0 aromatic heterocycles. The van der Waals surface area contributed by atoms with Crippen molar-refractivity contribution in [1.29, 1.82) is 0 Å². The summed E-state index contributed by atoms with van der Waals surface area (Å²) in [6.07, 6.45) is 1.86. The number of aliphatic hydroxyl groups is 2. The number of carbonyl (C=O) groups is 4.